The van der Waals surface area contributed by atoms with Gasteiger partial charge >= 0.3 is 0 Å². The second kappa shape index (κ2) is 6.25. The number of aromatic nitrogens is 1. The van der Waals surface area contributed by atoms with Crippen LogP contribution in [0, 0.1) is 0 Å². The van der Waals surface area contributed by atoms with Gasteiger partial charge in [0.25, 0.3) is 0 Å². The van der Waals surface area contributed by atoms with Gasteiger partial charge in [0.1, 0.15) is 0 Å². The lowest BCUT2D eigenvalue weighted by atomic mass is 10.1. The molecule has 1 aromatic carbocycles. The van der Waals surface area contributed by atoms with Crippen molar-refractivity contribution in [2.24, 2.45) is 0 Å². The van der Waals surface area contributed by atoms with Crippen molar-refractivity contribution in [2.45, 2.75) is 25.9 Å². The van der Waals surface area contributed by atoms with Crippen LogP contribution in [0.4, 0.5) is 0 Å². The molecule has 3 aromatic rings. The molecule has 1 atom stereocenters. The van der Waals surface area contributed by atoms with Crippen LogP contribution in [-0.2, 0) is 6.54 Å². The summed E-state index contributed by atoms with van der Waals surface area (Å²) in [6.45, 7) is 4.38. The minimum Gasteiger partial charge on any atom is -0.354 e. The standard InChI is InChI=1S/C17H20N2S/c1-14(18-9-6-12-19-10-4-5-11-19)16-13-20-17-8-3-2-7-15(16)17/h2-5,7-8,10-11,13-14,18H,6,9,12H2,1H3. The van der Waals surface area contributed by atoms with Crippen LogP contribution >= 0.6 is 11.3 Å². The number of hydrogen-bond donors (Lipinski definition) is 1. The van der Waals surface area contributed by atoms with Gasteiger partial charge in [0.2, 0.25) is 0 Å². The van der Waals surface area contributed by atoms with Crippen LogP contribution in [0.15, 0.2) is 54.2 Å². The average Bonchev–Trinajstić information content (AvgIpc) is 3.12. The van der Waals surface area contributed by atoms with Crippen LogP contribution in [0.5, 0.6) is 0 Å². The third-order valence-corrected chi connectivity index (χ3v) is 4.67. The van der Waals surface area contributed by atoms with Crippen LogP contribution in [0.25, 0.3) is 10.1 Å². The molecule has 0 saturated carbocycles. The molecule has 1 unspecified atom stereocenters. The molecule has 1 N–H and O–H groups in total. The van der Waals surface area contributed by atoms with Gasteiger partial charge in [-0.15, -0.1) is 11.3 Å². The van der Waals surface area contributed by atoms with Crippen molar-refractivity contribution in [3.63, 3.8) is 0 Å². The number of aryl methyl sites for hydroxylation is 1. The van der Waals surface area contributed by atoms with Gasteiger partial charge in [0.05, 0.1) is 0 Å². The molecule has 0 aliphatic heterocycles. The number of fused-ring (bicyclic) bond motifs is 1. The van der Waals surface area contributed by atoms with Crippen LogP contribution in [0.1, 0.15) is 24.9 Å². The molecule has 20 heavy (non-hydrogen) atoms. The summed E-state index contributed by atoms with van der Waals surface area (Å²) in [7, 11) is 0. The fourth-order valence-electron chi connectivity index (χ4n) is 2.54. The Labute approximate surface area is 124 Å². The molecule has 3 heteroatoms. The van der Waals surface area contributed by atoms with Gasteiger partial charge in [-0.1, -0.05) is 18.2 Å². The number of rotatable bonds is 6. The number of hydrogen-bond acceptors (Lipinski definition) is 2. The molecule has 0 radical (unpaired) electrons. The van der Waals surface area contributed by atoms with E-state index in [1.54, 1.807) is 0 Å². The molecule has 0 bridgehead atoms. The smallest absolute Gasteiger partial charge is 0.0346 e. The monoisotopic (exact) mass is 284 g/mol. The molecule has 2 nitrogen and oxygen atoms in total. The molecular formula is C17H20N2S. The highest BCUT2D eigenvalue weighted by atomic mass is 32.1. The summed E-state index contributed by atoms with van der Waals surface area (Å²) >= 11 is 1.84. The van der Waals surface area contributed by atoms with E-state index in [0.717, 1.165) is 19.5 Å². The average molecular weight is 284 g/mol. The Morgan fingerprint density at radius 3 is 2.80 bits per heavy atom. The predicted octanol–water partition coefficient (Wildman–Crippen LogP) is 4.44. The summed E-state index contributed by atoms with van der Waals surface area (Å²) in [4.78, 5) is 0. The van der Waals surface area contributed by atoms with Gasteiger partial charge in [-0.05, 0) is 54.4 Å². The van der Waals surface area contributed by atoms with E-state index >= 15 is 0 Å². The summed E-state index contributed by atoms with van der Waals surface area (Å²) < 4.78 is 3.61. The summed E-state index contributed by atoms with van der Waals surface area (Å²) in [6, 6.07) is 13.2. The second-order valence-corrected chi connectivity index (χ2v) is 6.05. The van der Waals surface area contributed by atoms with Crippen molar-refractivity contribution >= 4 is 21.4 Å². The minimum atomic E-state index is 0.413. The molecular weight excluding hydrogens is 264 g/mol. The largest absolute Gasteiger partial charge is 0.354 e. The number of nitrogens with one attached hydrogen (secondary N) is 1. The first-order valence-electron chi connectivity index (χ1n) is 7.15. The third kappa shape index (κ3) is 2.94. The first-order valence-corrected chi connectivity index (χ1v) is 8.03. The lowest BCUT2D eigenvalue weighted by Crippen LogP contribution is -2.20. The van der Waals surface area contributed by atoms with E-state index in [1.165, 1.54) is 15.6 Å². The summed E-state index contributed by atoms with van der Waals surface area (Å²) in [5, 5.41) is 7.31. The van der Waals surface area contributed by atoms with E-state index in [0.29, 0.717) is 6.04 Å². The Balaban J connectivity index is 1.55. The van der Waals surface area contributed by atoms with Crippen molar-refractivity contribution < 1.29 is 0 Å². The van der Waals surface area contributed by atoms with E-state index < -0.39 is 0 Å². The SMILES string of the molecule is CC(NCCCn1cccc1)c1csc2ccccc12. The van der Waals surface area contributed by atoms with Crippen molar-refractivity contribution in [1.82, 2.24) is 9.88 Å². The van der Waals surface area contributed by atoms with E-state index in [2.05, 4.69) is 71.0 Å². The quantitative estimate of drug-likeness (QED) is 0.662. The Kier molecular flexibility index (Phi) is 4.19. The van der Waals surface area contributed by atoms with Crippen LogP contribution < -0.4 is 5.32 Å². The second-order valence-electron chi connectivity index (χ2n) is 5.14. The van der Waals surface area contributed by atoms with Crippen LogP contribution in [0.3, 0.4) is 0 Å². The molecule has 0 spiro atoms. The fraction of sp³-hybridized carbons (Fsp3) is 0.294. The number of thiophene rings is 1. The summed E-state index contributed by atoms with van der Waals surface area (Å²) in [6.07, 6.45) is 5.40. The maximum atomic E-state index is 3.63. The molecule has 0 aliphatic rings. The maximum absolute atomic E-state index is 3.63. The predicted molar refractivity (Wildman–Crippen MR) is 87.3 cm³/mol. The zero-order valence-corrected chi connectivity index (χ0v) is 12.6. The summed E-state index contributed by atoms with van der Waals surface area (Å²) in [5.41, 5.74) is 1.42. The number of nitrogens with zero attached hydrogens (tertiary/aromatic N) is 1. The number of benzene rings is 1. The van der Waals surface area contributed by atoms with Crippen LogP contribution in [0.2, 0.25) is 0 Å². The lowest BCUT2D eigenvalue weighted by Gasteiger charge is -2.13. The molecule has 3 rings (SSSR count). The van der Waals surface area contributed by atoms with E-state index in [4.69, 9.17) is 0 Å². The Morgan fingerprint density at radius 2 is 1.95 bits per heavy atom. The van der Waals surface area contributed by atoms with E-state index in [9.17, 15) is 0 Å². The molecule has 104 valence electrons. The molecule has 0 fully saturated rings. The van der Waals surface area contributed by atoms with Gasteiger partial charge in [0.15, 0.2) is 0 Å². The van der Waals surface area contributed by atoms with Gasteiger partial charge in [-0.3, -0.25) is 0 Å². The van der Waals surface area contributed by atoms with Gasteiger partial charge in [-0.2, -0.15) is 0 Å². The maximum Gasteiger partial charge on any atom is 0.0346 e. The Bertz CT molecular complexity index is 655. The highest BCUT2D eigenvalue weighted by Crippen LogP contribution is 2.29. The zero-order chi connectivity index (χ0) is 13.8. The van der Waals surface area contributed by atoms with Crippen molar-refractivity contribution in [3.05, 3.63) is 59.7 Å². The van der Waals surface area contributed by atoms with E-state index in [-0.39, 0.29) is 0 Å². The van der Waals surface area contributed by atoms with Crippen molar-refractivity contribution in [3.8, 4) is 0 Å². The summed E-state index contributed by atoms with van der Waals surface area (Å²) in [5.74, 6) is 0. The molecule has 2 heterocycles. The van der Waals surface area contributed by atoms with Crippen molar-refractivity contribution in [1.29, 1.82) is 0 Å². The Hall–Kier alpha value is -1.58. The zero-order valence-electron chi connectivity index (χ0n) is 11.8. The molecule has 0 aliphatic carbocycles. The topological polar surface area (TPSA) is 17.0 Å². The van der Waals surface area contributed by atoms with Gasteiger partial charge in [0, 0.05) is 29.7 Å². The molecule has 0 amide bonds. The Morgan fingerprint density at radius 1 is 1.15 bits per heavy atom. The van der Waals surface area contributed by atoms with Crippen LogP contribution in [-0.4, -0.2) is 11.1 Å². The van der Waals surface area contributed by atoms with E-state index in [1.807, 2.05) is 11.3 Å². The highest BCUT2D eigenvalue weighted by molar-refractivity contribution is 7.17. The first kappa shape index (κ1) is 13.4. The lowest BCUT2D eigenvalue weighted by molar-refractivity contribution is 0.530. The fourth-order valence-corrected chi connectivity index (χ4v) is 3.60. The molecule has 0 saturated heterocycles. The normalized spacial score (nSPS) is 12.8. The van der Waals surface area contributed by atoms with Gasteiger partial charge < -0.3 is 9.88 Å². The first-order chi connectivity index (χ1) is 9.84. The third-order valence-electron chi connectivity index (χ3n) is 3.69. The van der Waals surface area contributed by atoms with Crippen molar-refractivity contribution in [2.75, 3.05) is 6.54 Å². The minimum absolute atomic E-state index is 0.413. The highest BCUT2D eigenvalue weighted by Gasteiger charge is 2.10. The molecule has 2 aromatic heterocycles. The van der Waals surface area contributed by atoms with Gasteiger partial charge in [-0.25, -0.2) is 0 Å².